The Morgan fingerprint density at radius 3 is 2.65 bits per heavy atom. The van der Waals surface area contributed by atoms with Gasteiger partial charge in [0.05, 0.1) is 11.6 Å². The number of nitrogens with zero attached hydrogens (tertiary/aromatic N) is 2. The summed E-state index contributed by atoms with van der Waals surface area (Å²) in [5, 5.41) is 10.9. The van der Waals surface area contributed by atoms with Crippen LogP contribution in [0.5, 0.6) is 0 Å². The summed E-state index contributed by atoms with van der Waals surface area (Å²) in [6, 6.07) is 0.425. The van der Waals surface area contributed by atoms with Gasteiger partial charge in [-0.2, -0.15) is 0 Å². The van der Waals surface area contributed by atoms with E-state index in [1.807, 2.05) is 13.8 Å². The first kappa shape index (κ1) is 17.2. The summed E-state index contributed by atoms with van der Waals surface area (Å²) in [4.78, 5) is 0. The fourth-order valence-corrected chi connectivity index (χ4v) is 2.13. The van der Waals surface area contributed by atoms with Crippen molar-refractivity contribution in [3.63, 3.8) is 0 Å². The lowest BCUT2D eigenvalue weighted by atomic mass is 10.1. The molecule has 0 aromatic carbocycles. The molecule has 1 aromatic heterocycles. The van der Waals surface area contributed by atoms with Crippen LogP contribution in [0.25, 0.3) is 0 Å². The van der Waals surface area contributed by atoms with Gasteiger partial charge in [-0.15, -0.1) is 17.5 Å². The predicted octanol–water partition coefficient (Wildman–Crippen LogP) is 2.45. The van der Waals surface area contributed by atoms with Crippen molar-refractivity contribution in [3.05, 3.63) is 5.89 Å². The monoisotopic (exact) mass is 304 g/mol. The average molecular weight is 305 g/mol. The Kier molecular flexibility index (Phi) is 6.71. The fourth-order valence-electron chi connectivity index (χ4n) is 2.13. The summed E-state index contributed by atoms with van der Waals surface area (Å²) in [6.07, 6.45) is 6.46. The zero-order valence-corrected chi connectivity index (χ0v) is 13.0. The van der Waals surface area contributed by atoms with Crippen molar-refractivity contribution in [2.45, 2.75) is 57.6 Å². The molecular weight excluding hydrogens is 280 g/mol. The molecule has 0 atom stereocenters. The van der Waals surface area contributed by atoms with E-state index in [0.29, 0.717) is 18.0 Å². The minimum Gasteiger partial charge on any atom is -0.406 e. The normalized spacial score (nSPS) is 16.1. The zero-order chi connectivity index (χ0) is 13.7. The molecule has 1 heterocycles. The third-order valence-corrected chi connectivity index (χ3v) is 3.23. The maximum Gasteiger partial charge on any atom is 0.315 e. The third kappa shape index (κ3) is 5.26. The van der Waals surface area contributed by atoms with Gasteiger partial charge in [0.15, 0.2) is 0 Å². The molecule has 1 fully saturated rings. The first-order chi connectivity index (χ1) is 9.05. The van der Waals surface area contributed by atoms with Crippen LogP contribution in [0.2, 0.25) is 0 Å². The third-order valence-electron chi connectivity index (χ3n) is 3.23. The van der Waals surface area contributed by atoms with Gasteiger partial charge in [0.1, 0.15) is 0 Å². The summed E-state index contributed by atoms with van der Waals surface area (Å²) < 4.78 is 11.2. The Hall–Kier alpha value is -0.850. The molecule has 0 unspecified atom stereocenters. The molecular formula is C13H25ClN4O2. The highest BCUT2D eigenvalue weighted by molar-refractivity contribution is 5.85. The molecule has 1 saturated carbocycles. The molecule has 0 radical (unpaired) electrons. The molecule has 1 aromatic rings. The summed E-state index contributed by atoms with van der Waals surface area (Å²) >= 11 is 0. The van der Waals surface area contributed by atoms with Crippen molar-refractivity contribution in [2.24, 2.45) is 5.73 Å². The van der Waals surface area contributed by atoms with Gasteiger partial charge in [-0.05, 0) is 33.1 Å². The summed E-state index contributed by atoms with van der Waals surface area (Å²) in [7, 11) is 0. The lowest BCUT2D eigenvalue weighted by Gasteiger charge is -2.11. The second-order valence-electron chi connectivity index (χ2n) is 5.69. The standard InChI is InChI=1S/C13H24N4O2.ClH/c1-13(2,14)11-16-17-12(19-11)15-8-5-9-18-10-6-3-4-7-10;/h10H,3-9,14H2,1-2H3,(H,15,17);1H. The fraction of sp³-hybridized carbons (Fsp3) is 0.846. The Morgan fingerprint density at radius 2 is 2.05 bits per heavy atom. The van der Waals surface area contributed by atoms with E-state index >= 15 is 0 Å². The Morgan fingerprint density at radius 1 is 1.35 bits per heavy atom. The molecule has 3 N–H and O–H groups in total. The van der Waals surface area contributed by atoms with Crippen LogP contribution in [0, 0.1) is 0 Å². The van der Waals surface area contributed by atoms with Gasteiger partial charge in [0, 0.05) is 13.2 Å². The molecule has 20 heavy (non-hydrogen) atoms. The second-order valence-corrected chi connectivity index (χ2v) is 5.69. The smallest absolute Gasteiger partial charge is 0.315 e. The predicted molar refractivity (Wildman–Crippen MR) is 80.1 cm³/mol. The first-order valence-corrected chi connectivity index (χ1v) is 7.04. The Bertz CT molecular complexity index is 386. The molecule has 116 valence electrons. The molecule has 1 aliphatic rings. The Balaban J connectivity index is 0.00000200. The molecule has 0 amide bonds. The van der Waals surface area contributed by atoms with Crippen LogP contribution < -0.4 is 11.1 Å². The lowest BCUT2D eigenvalue weighted by molar-refractivity contribution is 0.0582. The van der Waals surface area contributed by atoms with Gasteiger partial charge in [-0.1, -0.05) is 17.9 Å². The van der Waals surface area contributed by atoms with Gasteiger partial charge in [-0.3, -0.25) is 0 Å². The van der Waals surface area contributed by atoms with E-state index in [4.69, 9.17) is 14.9 Å². The number of ether oxygens (including phenoxy) is 1. The van der Waals surface area contributed by atoms with E-state index < -0.39 is 5.54 Å². The van der Waals surface area contributed by atoms with E-state index in [1.165, 1.54) is 25.7 Å². The van der Waals surface area contributed by atoms with Crippen LogP contribution >= 0.6 is 12.4 Å². The topological polar surface area (TPSA) is 86.2 Å². The van der Waals surface area contributed by atoms with Crippen molar-refractivity contribution < 1.29 is 9.15 Å². The van der Waals surface area contributed by atoms with Gasteiger partial charge < -0.3 is 20.2 Å². The van der Waals surface area contributed by atoms with Crippen molar-refractivity contribution in [1.29, 1.82) is 0 Å². The number of nitrogens with one attached hydrogen (secondary N) is 1. The van der Waals surface area contributed by atoms with Gasteiger partial charge in [0.2, 0.25) is 5.89 Å². The van der Waals surface area contributed by atoms with Crippen LogP contribution in [0.4, 0.5) is 6.01 Å². The van der Waals surface area contributed by atoms with Crippen LogP contribution in [-0.2, 0) is 10.3 Å². The van der Waals surface area contributed by atoms with E-state index in [0.717, 1.165) is 19.6 Å². The molecule has 0 aliphatic heterocycles. The van der Waals surface area contributed by atoms with Crippen LogP contribution in [0.1, 0.15) is 51.8 Å². The minimum atomic E-state index is -0.599. The van der Waals surface area contributed by atoms with E-state index in [9.17, 15) is 0 Å². The van der Waals surface area contributed by atoms with Gasteiger partial charge in [-0.25, -0.2) is 0 Å². The van der Waals surface area contributed by atoms with Crippen molar-refractivity contribution in [1.82, 2.24) is 10.2 Å². The summed E-state index contributed by atoms with van der Waals surface area (Å²) in [5.41, 5.74) is 5.27. The van der Waals surface area contributed by atoms with E-state index in [2.05, 4.69) is 15.5 Å². The number of halogens is 1. The summed E-state index contributed by atoms with van der Waals surface area (Å²) in [6.45, 7) is 5.21. The number of anilines is 1. The lowest BCUT2D eigenvalue weighted by Crippen LogP contribution is -2.29. The van der Waals surface area contributed by atoms with E-state index in [-0.39, 0.29) is 12.4 Å². The van der Waals surface area contributed by atoms with Crippen LogP contribution in [-0.4, -0.2) is 29.5 Å². The maximum absolute atomic E-state index is 5.87. The van der Waals surface area contributed by atoms with Crippen molar-refractivity contribution in [2.75, 3.05) is 18.5 Å². The molecule has 7 heteroatoms. The Labute approximate surface area is 126 Å². The van der Waals surface area contributed by atoms with Crippen molar-refractivity contribution >= 4 is 18.4 Å². The average Bonchev–Trinajstić information content (AvgIpc) is 2.97. The highest BCUT2D eigenvalue weighted by atomic mass is 35.5. The molecule has 0 saturated heterocycles. The number of rotatable bonds is 7. The van der Waals surface area contributed by atoms with E-state index in [1.54, 1.807) is 0 Å². The molecule has 2 rings (SSSR count). The highest BCUT2D eigenvalue weighted by Gasteiger charge is 2.21. The largest absolute Gasteiger partial charge is 0.406 e. The highest BCUT2D eigenvalue weighted by Crippen LogP contribution is 2.21. The second kappa shape index (κ2) is 7.81. The van der Waals surface area contributed by atoms with Crippen molar-refractivity contribution in [3.8, 4) is 0 Å². The molecule has 0 bridgehead atoms. The SMILES string of the molecule is CC(C)(N)c1nnc(NCCCOC2CCCC2)o1.Cl. The summed E-state index contributed by atoms with van der Waals surface area (Å²) in [5.74, 6) is 0.442. The maximum atomic E-state index is 5.87. The number of hydrogen-bond acceptors (Lipinski definition) is 6. The first-order valence-electron chi connectivity index (χ1n) is 7.04. The molecule has 1 aliphatic carbocycles. The zero-order valence-electron chi connectivity index (χ0n) is 12.2. The van der Waals surface area contributed by atoms with Crippen LogP contribution in [0.3, 0.4) is 0 Å². The quantitative estimate of drug-likeness (QED) is 0.753. The molecule has 6 nitrogen and oxygen atoms in total. The number of hydrogen-bond donors (Lipinski definition) is 2. The van der Waals surface area contributed by atoms with Gasteiger partial charge in [0.25, 0.3) is 0 Å². The number of aromatic nitrogens is 2. The van der Waals surface area contributed by atoms with Crippen LogP contribution in [0.15, 0.2) is 4.42 Å². The minimum absolute atomic E-state index is 0. The molecule has 0 spiro atoms. The number of nitrogens with two attached hydrogens (primary N) is 1. The van der Waals surface area contributed by atoms with Gasteiger partial charge >= 0.3 is 6.01 Å².